The molecule has 0 fully saturated rings. The van der Waals surface area contributed by atoms with Crippen LogP contribution in [0.25, 0.3) is 0 Å². The summed E-state index contributed by atoms with van der Waals surface area (Å²) < 4.78 is 3.08. The van der Waals surface area contributed by atoms with E-state index in [-0.39, 0.29) is 6.04 Å². The molecule has 19 heavy (non-hydrogen) atoms. The number of hydrogen-bond donors (Lipinski definition) is 1. The lowest BCUT2D eigenvalue weighted by molar-refractivity contribution is 0.590. The molecule has 1 aromatic heterocycles. The van der Waals surface area contributed by atoms with Gasteiger partial charge in [0.25, 0.3) is 0 Å². The van der Waals surface area contributed by atoms with Crippen LogP contribution in [0, 0.1) is 6.92 Å². The van der Waals surface area contributed by atoms with Crippen molar-refractivity contribution in [1.82, 2.24) is 9.78 Å². The van der Waals surface area contributed by atoms with Crippen LogP contribution < -0.4 is 5.73 Å². The topological polar surface area (TPSA) is 43.8 Å². The fourth-order valence-corrected chi connectivity index (χ4v) is 2.84. The van der Waals surface area contributed by atoms with Crippen LogP contribution in [-0.2, 0) is 13.5 Å². The van der Waals surface area contributed by atoms with Crippen molar-refractivity contribution in [1.29, 1.82) is 0 Å². The zero-order valence-corrected chi connectivity index (χ0v) is 13.0. The Morgan fingerprint density at radius 2 is 2.00 bits per heavy atom. The van der Waals surface area contributed by atoms with Gasteiger partial charge in [-0.25, -0.2) is 0 Å². The molecule has 2 rings (SSSR count). The van der Waals surface area contributed by atoms with Gasteiger partial charge in [0, 0.05) is 13.1 Å². The van der Waals surface area contributed by atoms with Crippen LogP contribution in [0.4, 0.5) is 0 Å². The Hall–Kier alpha value is -1.13. The van der Waals surface area contributed by atoms with E-state index in [1.807, 2.05) is 36.9 Å². The third kappa shape index (κ3) is 3.45. The van der Waals surface area contributed by atoms with Gasteiger partial charge in [0.05, 0.1) is 15.9 Å². The van der Waals surface area contributed by atoms with Gasteiger partial charge in [-0.15, -0.1) is 0 Å². The molecule has 1 aromatic carbocycles. The van der Waals surface area contributed by atoms with Crippen LogP contribution in [0.3, 0.4) is 0 Å². The summed E-state index contributed by atoms with van der Waals surface area (Å²) in [5.74, 6) is 0. The fourth-order valence-electron chi connectivity index (χ4n) is 2.31. The molecule has 0 saturated carbocycles. The Morgan fingerprint density at radius 3 is 2.58 bits per heavy atom. The monoisotopic (exact) mass is 321 g/mol. The van der Waals surface area contributed by atoms with Gasteiger partial charge >= 0.3 is 0 Å². The highest BCUT2D eigenvalue weighted by molar-refractivity contribution is 9.10. The molecule has 0 aliphatic carbocycles. The van der Waals surface area contributed by atoms with Gasteiger partial charge in [-0.2, -0.15) is 5.10 Å². The zero-order chi connectivity index (χ0) is 13.8. The predicted octanol–water partition coefficient (Wildman–Crippen LogP) is 3.51. The van der Waals surface area contributed by atoms with Crippen molar-refractivity contribution in [2.75, 3.05) is 0 Å². The van der Waals surface area contributed by atoms with Crippen LogP contribution in [-0.4, -0.2) is 9.78 Å². The van der Waals surface area contributed by atoms with Gasteiger partial charge in [0.15, 0.2) is 0 Å². The van der Waals surface area contributed by atoms with E-state index in [2.05, 4.69) is 33.2 Å². The van der Waals surface area contributed by atoms with Crippen LogP contribution >= 0.6 is 15.9 Å². The molecular formula is C15H20BrN3. The Balaban J connectivity index is 1.90. The third-order valence-corrected chi connectivity index (χ3v) is 4.45. The number of nitrogens with zero attached hydrogens (tertiary/aromatic N) is 2. The van der Waals surface area contributed by atoms with Gasteiger partial charge in [-0.3, -0.25) is 4.68 Å². The maximum absolute atomic E-state index is 6.21. The van der Waals surface area contributed by atoms with Crippen LogP contribution in [0.5, 0.6) is 0 Å². The molecule has 0 spiro atoms. The molecule has 2 N–H and O–H groups in total. The molecule has 4 heteroatoms. The van der Waals surface area contributed by atoms with E-state index < -0.39 is 0 Å². The minimum absolute atomic E-state index is 0.120. The number of hydrogen-bond acceptors (Lipinski definition) is 2. The highest BCUT2D eigenvalue weighted by Crippen LogP contribution is 2.23. The second-order valence-corrected chi connectivity index (χ2v) is 5.67. The molecule has 102 valence electrons. The summed E-state index contributed by atoms with van der Waals surface area (Å²) in [6, 6.07) is 10.4. The average Bonchev–Trinajstić information content (AvgIpc) is 2.66. The van der Waals surface area contributed by atoms with E-state index in [0.717, 1.165) is 29.4 Å². The van der Waals surface area contributed by atoms with E-state index in [0.29, 0.717) is 0 Å². The van der Waals surface area contributed by atoms with E-state index in [4.69, 9.17) is 5.73 Å². The molecule has 0 aliphatic rings. The van der Waals surface area contributed by atoms with Gasteiger partial charge < -0.3 is 5.73 Å². The molecule has 1 unspecified atom stereocenters. The fraction of sp³-hybridized carbons (Fsp3) is 0.400. The van der Waals surface area contributed by atoms with Crippen molar-refractivity contribution in [2.45, 2.75) is 32.2 Å². The first-order chi connectivity index (χ1) is 9.09. The number of nitrogens with two attached hydrogens (primary N) is 1. The quantitative estimate of drug-likeness (QED) is 0.915. The zero-order valence-electron chi connectivity index (χ0n) is 11.4. The Bertz CT molecular complexity index is 534. The van der Waals surface area contributed by atoms with E-state index in [1.54, 1.807) is 0 Å². The first-order valence-electron chi connectivity index (χ1n) is 6.58. The SMILES string of the molecule is Cc1nn(C)c(CCCC(N)c2ccccc2)c1Br. The lowest BCUT2D eigenvalue weighted by Gasteiger charge is -2.11. The molecule has 0 radical (unpaired) electrons. The Kier molecular flexibility index (Phi) is 4.77. The predicted molar refractivity (Wildman–Crippen MR) is 82.0 cm³/mol. The molecule has 0 amide bonds. The minimum atomic E-state index is 0.120. The van der Waals surface area contributed by atoms with Crippen molar-refractivity contribution in [2.24, 2.45) is 12.8 Å². The summed E-state index contributed by atoms with van der Waals surface area (Å²) in [7, 11) is 1.99. The molecular weight excluding hydrogens is 302 g/mol. The highest BCUT2D eigenvalue weighted by Gasteiger charge is 2.11. The average molecular weight is 322 g/mol. The number of aryl methyl sites for hydroxylation is 2. The van der Waals surface area contributed by atoms with Crippen LogP contribution in [0.1, 0.15) is 35.8 Å². The van der Waals surface area contributed by atoms with E-state index >= 15 is 0 Å². The second kappa shape index (κ2) is 6.35. The lowest BCUT2D eigenvalue weighted by atomic mass is 10.0. The largest absolute Gasteiger partial charge is 0.324 e. The van der Waals surface area contributed by atoms with Gasteiger partial charge in [-0.1, -0.05) is 30.3 Å². The molecule has 3 nitrogen and oxygen atoms in total. The molecule has 0 saturated heterocycles. The second-order valence-electron chi connectivity index (χ2n) is 4.88. The lowest BCUT2D eigenvalue weighted by Crippen LogP contribution is -2.10. The number of aromatic nitrogens is 2. The molecule has 1 atom stereocenters. The van der Waals surface area contributed by atoms with E-state index in [9.17, 15) is 0 Å². The molecule has 0 aliphatic heterocycles. The Labute approximate surface area is 122 Å². The first kappa shape index (κ1) is 14.3. The summed E-state index contributed by atoms with van der Waals surface area (Å²) >= 11 is 3.60. The van der Waals surface area contributed by atoms with Crippen molar-refractivity contribution >= 4 is 15.9 Å². The summed E-state index contributed by atoms with van der Waals surface area (Å²) in [6.07, 6.45) is 3.05. The molecule has 2 aromatic rings. The van der Waals surface area contributed by atoms with Crippen molar-refractivity contribution in [3.05, 3.63) is 51.8 Å². The van der Waals surface area contributed by atoms with Gasteiger partial charge in [0.2, 0.25) is 0 Å². The number of benzene rings is 1. The maximum Gasteiger partial charge on any atom is 0.0738 e. The third-order valence-electron chi connectivity index (χ3n) is 3.42. The van der Waals surface area contributed by atoms with Crippen molar-refractivity contribution in [3.63, 3.8) is 0 Å². The number of halogens is 1. The summed E-state index contributed by atoms with van der Waals surface area (Å²) in [4.78, 5) is 0. The van der Waals surface area contributed by atoms with Crippen molar-refractivity contribution < 1.29 is 0 Å². The van der Waals surface area contributed by atoms with Crippen LogP contribution in [0.2, 0.25) is 0 Å². The van der Waals surface area contributed by atoms with Crippen molar-refractivity contribution in [3.8, 4) is 0 Å². The minimum Gasteiger partial charge on any atom is -0.324 e. The normalized spacial score (nSPS) is 12.6. The summed E-state index contributed by atoms with van der Waals surface area (Å²) in [5, 5.41) is 4.41. The van der Waals surface area contributed by atoms with E-state index in [1.165, 1.54) is 11.3 Å². The first-order valence-corrected chi connectivity index (χ1v) is 7.37. The Morgan fingerprint density at radius 1 is 1.32 bits per heavy atom. The maximum atomic E-state index is 6.21. The molecule has 1 heterocycles. The highest BCUT2D eigenvalue weighted by atomic mass is 79.9. The summed E-state index contributed by atoms with van der Waals surface area (Å²) in [5.41, 5.74) is 9.71. The van der Waals surface area contributed by atoms with Gasteiger partial charge in [0.1, 0.15) is 0 Å². The standard InChI is InChI=1S/C15H20BrN3/c1-11-15(16)14(19(2)18-11)10-6-9-13(17)12-7-4-3-5-8-12/h3-5,7-8,13H,6,9-10,17H2,1-2H3. The molecule has 0 bridgehead atoms. The smallest absolute Gasteiger partial charge is 0.0738 e. The number of rotatable bonds is 5. The van der Waals surface area contributed by atoms with Crippen LogP contribution in [0.15, 0.2) is 34.8 Å². The van der Waals surface area contributed by atoms with Gasteiger partial charge in [-0.05, 0) is 47.7 Å². The summed E-state index contributed by atoms with van der Waals surface area (Å²) in [6.45, 7) is 2.02.